The van der Waals surface area contributed by atoms with E-state index in [1.165, 1.54) is 4.31 Å². The van der Waals surface area contributed by atoms with Gasteiger partial charge in [0, 0.05) is 23.7 Å². The number of carbonyl (C=O) groups excluding carboxylic acids is 1. The Labute approximate surface area is 195 Å². The summed E-state index contributed by atoms with van der Waals surface area (Å²) < 4.78 is 28.6. The van der Waals surface area contributed by atoms with Crippen LogP contribution in [0.3, 0.4) is 0 Å². The zero-order valence-electron chi connectivity index (χ0n) is 18.8. The third kappa shape index (κ3) is 5.43. The third-order valence-electron chi connectivity index (χ3n) is 5.74. The molecule has 0 radical (unpaired) electrons. The standard InChI is InChI=1S/C23H31ClN4O3S/c1-15(2)18-9-11-20(12-10-18)28(32(30,31)23-16(3)26-27-17(23)4)14-22(29)25-13-19-7-5-6-8-21(19)24/h5-12,15-17,23,26-27H,13-14H2,1-4H3,(H,25,29). The SMILES string of the molecule is CC(C)c1ccc(N(CC(=O)NCc2ccccc2Cl)S(=O)(=O)C2C(C)NNC2C)cc1. The summed E-state index contributed by atoms with van der Waals surface area (Å²) in [6.07, 6.45) is 0. The van der Waals surface area contributed by atoms with Gasteiger partial charge >= 0.3 is 0 Å². The van der Waals surface area contributed by atoms with E-state index in [2.05, 4.69) is 30.0 Å². The molecular weight excluding hydrogens is 448 g/mol. The van der Waals surface area contributed by atoms with Gasteiger partial charge in [0.2, 0.25) is 15.9 Å². The van der Waals surface area contributed by atoms with E-state index in [4.69, 9.17) is 11.6 Å². The van der Waals surface area contributed by atoms with E-state index in [9.17, 15) is 13.2 Å². The monoisotopic (exact) mass is 478 g/mol. The van der Waals surface area contributed by atoms with Gasteiger partial charge in [0.25, 0.3) is 0 Å². The number of nitrogens with zero attached hydrogens (tertiary/aromatic N) is 1. The first-order chi connectivity index (χ1) is 15.1. The molecule has 1 heterocycles. The van der Waals surface area contributed by atoms with E-state index in [-0.39, 0.29) is 25.2 Å². The molecule has 0 spiro atoms. The van der Waals surface area contributed by atoms with Gasteiger partial charge in [-0.2, -0.15) is 0 Å². The van der Waals surface area contributed by atoms with Crippen molar-refractivity contribution in [2.75, 3.05) is 10.8 Å². The smallest absolute Gasteiger partial charge is 0.241 e. The quantitative estimate of drug-likeness (QED) is 0.542. The van der Waals surface area contributed by atoms with Crippen molar-refractivity contribution in [2.24, 2.45) is 0 Å². The predicted octanol–water partition coefficient (Wildman–Crippen LogP) is 3.17. The highest BCUT2D eigenvalue weighted by Gasteiger charge is 2.44. The van der Waals surface area contributed by atoms with Crippen molar-refractivity contribution in [1.82, 2.24) is 16.2 Å². The molecular formula is C23H31ClN4O3S. The summed E-state index contributed by atoms with van der Waals surface area (Å²) in [6.45, 7) is 7.68. The number of hydrogen-bond acceptors (Lipinski definition) is 5. The molecule has 0 aromatic heterocycles. The Morgan fingerprint density at radius 1 is 1.06 bits per heavy atom. The summed E-state index contributed by atoms with van der Waals surface area (Å²) in [6, 6.07) is 13.9. The van der Waals surface area contributed by atoms with Crippen molar-refractivity contribution >= 4 is 33.2 Å². The number of hydrogen-bond donors (Lipinski definition) is 3. The number of halogens is 1. The van der Waals surface area contributed by atoms with Gasteiger partial charge in [-0.1, -0.05) is 55.8 Å². The maximum absolute atomic E-state index is 13.7. The van der Waals surface area contributed by atoms with E-state index in [1.54, 1.807) is 18.2 Å². The lowest BCUT2D eigenvalue weighted by Gasteiger charge is -2.30. The van der Waals surface area contributed by atoms with Crippen LogP contribution in [0.5, 0.6) is 0 Å². The fraction of sp³-hybridized carbons (Fsp3) is 0.435. The average molecular weight is 479 g/mol. The first-order valence-corrected chi connectivity index (χ1v) is 12.6. The van der Waals surface area contributed by atoms with E-state index >= 15 is 0 Å². The first kappa shape index (κ1) is 24.5. The van der Waals surface area contributed by atoms with Crippen LogP contribution in [0.1, 0.15) is 44.7 Å². The van der Waals surface area contributed by atoms with Gasteiger partial charge in [-0.15, -0.1) is 0 Å². The van der Waals surface area contributed by atoms with Crippen molar-refractivity contribution in [1.29, 1.82) is 0 Å². The summed E-state index contributed by atoms with van der Waals surface area (Å²) in [5.74, 6) is -0.0862. The number of amides is 1. The molecule has 0 aliphatic carbocycles. The second-order valence-electron chi connectivity index (χ2n) is 8.50. The highest BCUT2D eigenvalue weighted by molar-refractivity contribution is 7.93. The minimum absolute atomic E-state index is 0.220. The largest absolute Gasteiger partial charge is 0.350 e. The maximum Gasteiger partial charge on any atom is 0.241 e. The normalized spacial score (nSPS) is 21.0. The van der Waals surface area contributed by atoms with Gasteiger partial charge < -0.3 is 5.32 Å². The Balaban J connectivity index is 1.86. The number of benzene rings is 2. The lowest BCUT2D eigenvalue weighted by atomic mass is 10.0. The minimum Gasteiger partial charge on any atom is -0.350 e. The van der Waals surface area contributed by atoms with Crippen molar-refractivity contribution < 1.29 is 13.2 Å². The summed E-state index contributed by atoms with van der Waals surface area (Å²) in [4.78, 5) is 12.8. The van der Waals surface area contributed by atoms with Gasteiger partial charge in [-0.25, -0.2) is 8.42 Å². The van der Waals surface area contributed by atoms with Crippen LogP contribution in [0.25, 0.3) is 0 Å². The number of anilines is 1. The Bertz CT molecular complexity index is 1030. The lowest BCUT2D eigenvalue weighted by Crippen LogP contribution is -2.50. The molecule has 1 saturated heterocycles. The van der Waals surface area contributed by atoms with Crippen LogP contribution in [0.15, 0.2) is 48.5 Å². The Morgan fingerprint density at radius 3 is 2.22 bits per heavy atom. The molecule has 2 atom stereocenters. The topological polar surface area (TPSA) is 90.5 Å². The molecule has 2 aromatic carbocycles. The predicted molar refractivity (Wildman–Crippen MR) is 129 cm³/mol. The van der Waals surface area contributed by atoms with E-state index in [0.29, 0.717) is 16.6 Å². The second-order valence-corrected chi connectivity index (χ2v) is 10.9. The molecule has 7 nitrogen and oxygen atoms in total. The fourth-order valence-corrected chi connectivity index (χ4v) is 6.28. The second kappa shape index (κ2) is 10.2. The number of nitrogens with one attached hydrogen (secondary N) is 3. The number of hydrazine groups is 1. The van der Waals surface area contributed by atoms with Gasteiger partial charge in [0.15, 0.2) is 0 Å². The van der Waals surface area contributed by atoms with Gasteiger partial charge in [-0.3, -0.25) is 20.0 Å². The summed E-state index contributed by atoms with van der Waals surface area (Å²) >= 11 is 6.17. The summed E-state index contributed by atoms with van der Waals surface area (Å²) in [5.41, 5.74) is 8.31. The molecule has 0 bridgehead atoms. The molecule has 1 fully saturated rings. The molecule has 1 aliphatic rings. The summed E-state index contributed by atoms with van der Waals surface area (Å²) in [7, 11) is -3.85. The molecule has 1 aliphatic heterocycles. The van der Waals surface area contributed by atoms with E-state index < -0.39 is 21.2 Å². The van der Waals surface area contributed by atoms with Crippen LogP contribution >= 0.6 is 11.6 Å². The van der Waals surface area contributed by atoms with Crippen molar-refractivity contribution in [3.63, 3.8) is 0 Å². The zero-order valence-corrected chi connectivity index (χ0v) is 20.4. The van der Waals surface area contributed by atoms with Crippen molar-refractivity contribution in [2.45, 2.75) is 57.5 Å². The number of rotatable bonds is 8. The molecule has 2 unspecified atom stereocenters. The Kier molecular flexibility index (Phi) is 7.82. The highest BCUT2D eigenvalue weighted by Crippen LogP contribution is 2.27. The fourth-order valence-electron chi connectivity index (χ4n) is 3.90. The van der Waals surface area contributed by atoms with Crippen molar-refractivity contribution in [3.05, 3.63) is 64.7 Å². The van der Waals surface area contributed by atoms with Crippen LogP contribution in [0, 0.1) is 0 Å². The van der Waals surface area contributed by atoms with Crippen LogP contribution in [0.4, 0.5) is 5.69 Å². The van der Waals surface area contributed by atoms with Gasteiger partial charge in [0.05, 0.1) is 5.69 Å². The molecule has 2 aromatic rings. The molecule has 32 heavy (non-hydrogen) atoms. The number of sulfonamides is 1. The Morgan fingerprint density at radius 2 is 1.66 bits per heavy atom. The lowest BCUT2D eigenvalue weighted by molar-refractivity contribution is -0.119. The van der Waals surface area contributed by atoms with Crippen LogP contribution in [-0.2, 0) is 21.4 Å². The highest BCUT2D eigenvalue weighted by atomic mass is 35.5. The molecule has 0 saturated carbocycles. The Hall–Kier alpha value is -2.13. The molecule has 9 heteroatoms. The first-order valence-electron chi connectivity index (χ1n) is 10.7. The minimum atomic E-state index is -3.85. The maximum atomic E-state index is 13.7. The third-order valence-corrected chi connectivity index (χ3v) is 8.57. The summed E-state index contributed by atoms with van der Waals surface area (Å²) in [5, 5.41) is 2.62. The van der Waals surface area contributed by atoms with Gasteiger partial charge in [-0.05, 0) is 49.1 Å². The zero-order chi connectivity index (χ0) is 23.5. The molecule has 3 N–H and O–H groups in total. The van der Waals surface area contributed by atoms with Crippen molar-refractivity contribution in [3.8, 4) is 0 Å². The van der Waals surface area contributed by atoms with E-state index in [1.807, 2.05) is 44.2 Å². The van der Waals surface area contributed by atoms with Crippen LogP contribution in [0.2, 0.25) is 5.02 Å². The van der Waals surface area contributed by atoms with Crippen LogP contribution < -0.4 is 20.5 Å². The van der Waals surface area contributed by atoms with E-state index in [0.717, 1.165) is 11.1 Å². The van der Waals surface area contributed by atoms with Crippen LogP contribution in [-0.4, -0.2) is 38.2 Å². The average Bonchev–Trinajstić information content (AvgIpc) is 3.10. The number of carbonyl (C=O) groups is 1. The molecule has 174 valence electrons. The molecule has 1 amide bonds. The molecule has 3 rings (SSSR count). The van der Waals surface area contributed by atoms with Gasteiger partial charge in [0.1, 0.15) is 11.8 Å².